The number of hydrogen-bond donors (Lipinski definition) is 0. The predicted octanol–water partition coefficient (Wildman–Crippen LogP) is 8.65. The molecule has 1 fully saturated rings. The number of rotatable bonds is 3. The van der Waals surface area contributed by atoms with Crippen LogP contribution in [0.4, 0.5) is 11.4 Å². The zero-order valence-electron chi connectivity index (χ0n) is 22.3. The third-order valence-electron chi connectivity index (χ3n) is 9.89. The van der Waals surface area contributed by atoms with Gasteiger partial charge in [0.05, 0.1) is 22.3 Å². The number of fused-ring (bicyclic) bond motifs is 3. The lowest BCUT2D eigenvalue weighted by molar-refractivity contribution is -0.659. The van der Waals surface area contributed by atoms with Crippen molar-refractivity contribution in [2.24, 2.45) is 12.5 Å². The van der Waals surface area contributed by atoms with Gasteiger partial charge < -0.3 is 4.90 Å². The molecule has 1 aliphatic carbocycles. The van der Waals surface area contributed by atoms with Crippen LogP contribution in [0.15, 0.2) is 48.7 Å². The summed E-state index contributed by atoms with van der Waals surface area (Å²) in [4.78, 5) is 2.49. The first-order valence-corrected chi connectivity index (χ1v) is 13.6. The van der Waals surface area contributed by atoms with E-state index in [0.717, 1.165) is 0 Å². The van der Waals surface area contributed by atoms with Crippen LogP contribution in [0, 0.1) is 19.3 Å². The summed E-state index contributed by atoms with van der Waals surface area (Å²) in [6.07, 6.45) is 10.3. The average molecular weight is 464 g/mol. The van der Waals surface area contributed by atoms with Crippen molar-refractivity contribution in [3.05, 3.63) is 65.4 Å². The average Bonchev–Trinajstić information content (AvgIpc) is 2.90. The molecule has 0 N–H and O–H groups in total. The molecule has 0 atom stereocenters. The lowest BCUT2D eigenvalue weighted by Crippen LogP contribution is -2.34. The fourth-order valence-electron chi connectivity index (χ4n) is 7.42. The fraction of sp³-hybridized carbons (Fsp3) is 0.424. The van der Waals surface area contributed by atoms with Gasteiger partial charge in [0.2, 0.25) is 5.69 Å². The summed E-state index contributed by atoms with van der Waals surface area (Å²) >= 11 is 0. The molecule has 0 amide bonds. The van der Waals surface area contributed by atoms with Gasteiger partial charge in [0.25, 0.3) is 0 Å². The monoisotopic (exact) mass is 463 g/mol. The standard InChI is InChI=1S/C33H39N2/c1-7-33(8-2)16-13-23(14-17-33)25-19-24-15-18-34(5)32-29-21(3)26-11-9-10-12-27(26)22(4)31(29)35(6)28(20-25)30(24)32/h9-12,15,18-20,23H,7-8,13-14,16-17H2,1-6H3/q+1. The second-order valence-electron chi connectivity index (χ2n) is 11.3. The molecule has 1 saturated carbocycles. The Bertz CT molecular complexity index is 1460. The highest BCUT2D eigenvalue weighted by atomic mass is 15.1. The van der Waals surface area contributed by atoms with E-state index in [-0.39, 0.29) is 0 Å². The Kier molecular flexibility index (Phi) is 5.22. The second-order valence-corrected chi connectivity index (χ2v) is 11.3. The van der Waals surface area contributed by atoms with Crippen LogP contribution >= 0.6 is 0 Å². The maximum atomic E-state index is 2.54. The molecule has 2 heteroatoms. The molecule has 4 aromatic rings. The van der Waals surface area contributed by atoms with Crippen molar-refractivity contribution in [3.8, 4) is 11.3 Å². The van der Waals surface area contributed by atoms with E-state index in [9.17, 15) is 0 Å². The minimum atomic E-state index is 0.577. The summed E-state index contributed by atoms with van der Waals surface area (Å²) in [5.74, 6) is 0.675. The van der Waals surface area contributed by atoms with Crippen LogP contribution in [0.1, 0.15) is 75.0 Å². The number of aromatic nitrogens is 1. The second kappa shape index (κ2) is 8.08. The molecule has 2 aliphatic rings. The summed E-state index contributed by atoms with van der Waals surface area (Å²) in [7, 11) is 4.50. The smallest absolute Gasteiger partial charge is 0.224 e. The van der Waals surface area contributed by atoms with Crippen LogP contribution in [-0.4, -0.2) is 7.05 Å². The van der Waals surface area contributed by atoms with Crippen molar-refractivity contribution in [1.29, 1.82) is 0 Å². The number of benzene rings is 3. The van der Waals surface area contributed by atoms with Crippen LogP contribution in [0.25, 0.3) is 32.8 Å². The van der Waals surface area contributed by atoms with E-state index < -0.39 is 0 Å². The van der Waals surface area contributed by atoms with Gasteiger partial charge in [-0.2, -0.15) is 0 Å². The largest absolute Gasteiger partial charge is 0.343 e. The molecule has 0 radical (unpaired) electrons. The summed E-state index contributed by atoms with van der Waals surface area (Å²) in [5.41, 5.74) is 10.4. The first kappa shape index (κ1) is 22.6. The van der Waals surface area contributed by atoms with Gasteiger partial charge in [0, 0.05) is 13.1 Å². The van der Waals surface area contributed by atoms with Gasteiger partial charge in [-0.25, -0.2) is 4.57 Å². The van der Waals surface area contributed by atoms with Gasteiger partial charge in [-0.3, -0.25) is 0 Å². The normalized spacial score (nSPS) is 17.3. The molecule has 6 rings (SSSR count). The Hall–Kier alpha value is -2.87. The highest BCUT2D eigenvalue weighted by Crippen LogP contribution is 2.53. The highest BCUT2D eigenvalue weighted by molar-refractivity contribution is 6.14. The minimum Gasteiger partial charge on any atom is -0.343 e. The molecule has 2 heterocycles. The number of aryl methyl sites for hydroxylation is 3. The molecule has 1 aromatic heterocycles. The van der Waals surface area contributed by atoms with Gasteiger partial charge in [-0.1, -0.05) is 57.0 Å². The molecular weight excluding hydrogens is 424 g/mol. The van der Waals surface area contributed by atoms with Crippen molar-refractivity contribution in [2.45, 2.75) is 72.1 Å². The zero-order chi connectivity index (χ0) is 24.5. The Balaban J connectivity index is 1.57. The fourth-order valence-corrected chi connectivity index (χ4v) is 7.42. The van der Waals surface area contributed by atoms with Crippen molar-refractivity contribution in [1.82, 2.24) is 0 Å². The molecule has 35 heavy (non-hydrogen) atoms. The van der Waals surface area contributed by atoms with Gasteiger partial charge in [0.15, 0.2) is 6.20 Å². The van der Waals surface area contributed by atoms with Crippen molar-refractivity contribution >= 4 is 32.9 Å². The lowest BCUT2D eigenvalue weighted by Gasteiger charge is -2.40. The third kappa shape index (κ3) is 3.18. The van der Waals surface area contributed by atoms with Gasteiger partial charge in [0.1, 0.15) is 7.05 Å². The van der Waals surface area contributed by atoms with E-state index >= 15 is 0 Å². The molecule has 2 nitrogen and oxygen atoms in total. The third-order valence-corrected chi connectivity index (χ3v) is 9.89. The molecular formula is C33H39N2+. The maximum Gasteiger partial charge on any atom is 0.224 e. The molecule has 3 aromatic carbocycles. The SMILES string of the molecule is CCC1(CC)CCC(c2cc3c4c([n+](C)ccc4c2)-c2c(c(C)c4ccccc4c2C)N3C)CC1. The van der Waals surface area contributed by atoms with Crippen molar-refractivity contribution in [2.75, 3.05) is 11.9 Å². The predicted molar refractivity (Wildman–Crippen MR) is 150 cm³/mol. The van der Waals surface area contributed by atoms with Crippen LogP contribution < -0.4 is 9.47 Å². The lowest BCUT2D eigenvalue weighted by atomic mass is 9.66. The molecule has 0 spiro atoms. The Labute approximate surface area is 210 Å². The number of hydrogen-bond acceptors (Lipinski definition) is 1. The van der Waals surface area contributed by atoms with Crippen molar-refractivity contribution in [3.63, 3.8) is 0 Å². The summed E-state index contributed by atoms with van der Waals surface area (Å²) in [6, 6.07) is 16.3. The van der Waals surface area contributed by atoms with Crippen LogP contribution in [0.5, 0.6) is 0 Å². The quantitative estimate of drug-likeness (QED) is 0.276. The number of pyridine rings is 1. The molecule has 1 aliphatic heterocycles. The zero-order valence-corrected chi connectivity index (χ0v) is 22.3. The maximum absolute atomic E-state index is 2.54. The Morgan fingerprint density at radius 2 is 1.60 bits per heavy atom. The van der Waals surface area contributed by atoms with E-state index in [0.29, 0.717) is 11.3 Å². The summed E-state index contributed by atoms with van der Waals surface area (Å²) in [5, 5.41) is 5.52. The van der Waals surface area contributed by atoms with Gasteiger partial charge in [-0.15, -0.1) is 0 Å². The number of anilines is 2. The Morgan fingerprint density at radius 1 is 0.943 bits per heavy atom. The number of nitrogens with zero attached hydrogens (tertiary/aromatic N) is 2. The topological polar surface area (TPSA) is 7.12 Å². The van der Waals surface area contributed by atoms with E-state index in [2.05, 4.69) is 99.9 Å². The first-order valence-electron chi connectivity index (χ1n) is 13.6. The summed E-state index contributed by atoms with van der Waals surface area (Å²) in [6.45, 7) is 9.41. The van der Waals surface area contributed by atoms with Crippen LogP contribution in [-0.2, 0) is 7.05 Å². The Morgan fingerprint density at radius 3 is 2.26 bits per heavy atom. The summed E-state index contributed by atoms with van der Waals surface area (Å²) < 4.78 is 2.34. The van der Waals surface area contributed by atoms with Crippen molar-refractivity contribution < 1.29 is 4.57 Å². The van der Waals surface area contributed by atoms with E-state index in [1.165, 1.54) is 93.8 Å². The van der Waals surface area contributed by atoms with E-state index in [1.807, 2.05) is 0 Å². The van der Waals surface area contributed by atoms with Gasteiger partial charge in [-0.05, 0) is 89.8 Å². The van der Waals surface area contributed by atoms with Crippen LogP contribution in [0.3, 0.4) is 0 Å². The molecule has 0 saturated heterocycles. The van der Waals surface area contributed by atoms with Crippen LogP contribution in [0.2, 0.25) is 0 Å². The highest BCUT2D eigenvalue weighted by Gasteiger charge is 2.36. The van der Waals surface area contributed by atoms with E-state index in [4.69, 9.17) is 0 Å². The molecule has 0 bridgehead atoms. The molecule has 0 unspecified atom stereocenters. The first-order chi connectivity index (χ1) is 16.9. The minimum absolute atomic E-state index is 0.577. The van der Waals surface area contributed by atoms with Gasteiger partial charge >= 0.3 is 0 Å². The molecule has 180 valence electrons. The van der Waals surface area contributed by atoms with E-state index in [1.54, 1.807) is 5.56 Å².